The van der Waals surface area contributed by atoms with E-state index in [1.165, 1.54) is 28.7 Å². The summed E-state index contributed by atoms with van der Waals surface area (Å²) in [5.41, 5.74) is 0.158. The van der Waals surface area contributed by atoms with Gasteiger partial charge in [0, 0.05) is 24.9 Å². The van der Waals surface area contributed by atoms with Crippen LogP contribution in [0.4, 0.5) is 4.39 Å². The maximum Gasteiger partial charge on any atom is 0.341 e. The Hall–Kier alpha value is -4.18. The van der Waals surface area contributed by atoms with Gasteiger partial charge in [0.25, 0.3) is 11.5 Å². The van der Waals surface area contributed by atoms with Crippen molar-refractivity contribution in [2.45, 2.75) is 39.8 Å². The van der Waals surface area contributed by atoms with Crippen molar-refractivity contribution in [3.63, 3.8) is 0 Å². The van der Waals surface area contributed by atoms with Crippen molar-refractivity contribution in [3.8, 4) is 0 Å². The van der Waals surface area contributed by atoms with Crippen LogP contribution in [-0.2, 0) is 16.0 Å². The molecule has 0 saturated carbocycles. The van der Waals surface area contributed by atoms with Gasteiger partial charge in [0.15, 0.2) is 5.49 Å². The van der Waals surface area contributed by atoms with Gasteiger partial charge in [-0.15, -0.1) is 0 Å². The van der Waals surface area contributed by atoms with Crippen LogP contribution in [0.5, 0.6) is 0 Å². The van der Waals surface area contributed by atoms with Gasteiger partial charge in [-0.25, -0.2) is 14.2 Å². The highest BCUT2D eigenvalue weighted by Gasteiger charge is 2.20. The second kappa shape index (κ2) is 11.3. The molecule has 37 heavy (non-hydrogen) atoms. The van der Waals surface area contributed by atoms with Gasteiger partial charge in [-0.3, -0.25) is 14.0 Å². The first-order valence-electron chi connectivity index (χ1n) is 12.0. The maximum absolute atomic E-state index is 13.8. The SMILES string of the molecule is CCOC(=O)c1cc2c(=O)n3ccccc3nc2n(CCCOC(C)C)c1=NC(=O)c1cccc(F)c1. The molecule has 0 N–H and O–H groups in total. The lowest BCUT2D eigenvalue weighted by molar-refractivity contribution is 0.0523. The third-order valence-corrected chi connectivity index (χ3v) is 5.54. The highest BCUT2D eigenvalue weighted by molar-refractivity contribution is 5.97. The van der Waals surface area contributed by atoms with E-state index >= 15 is 0 Å². The van der Waals surface area contributed by atoms with E-state index in [9.17, 15) is 18.8 Å². The Morgan fingerprint density at radius 3 is 2.68 bits per heavy atom. The van der Waals surface area contributed by atoms with Crippen LogP contribution >= 0.6 is 0 Å². The monoisotopic (exact) mass is 506 g/mol. The van der Waals surface area contributed by atoms with Crippen LogP contribution in [0.1, 0.15) is 47.9 Å². The van der Waals surface area contributed by atoms with Crippen LogP contribution in [0.25, 0.3) is 16.7 Å². The molecule has 4 rings (SSSR count). The molecular weight excluding hydrogens is 479 g/mol. The third-order valence-electron chi connectivity index (χ3n) is 5.54. The number of aromatic nitrogens is 3. The number of hydrogen-bond donors (Lipinski definition) is 0. The first-order valence-corrected chi connectivity index (χ1v) is 12.0. The number of aryl methyl sites for hydroxylation is 1. The minimum atomic E-state index is -0.755. The number of amides is 1. The van der Waals surface area contributed by atoms with Crippen LogP contribution in [0, 0.1) is 5.82 Å². The molecule has 3 aromatic heterocycles. The second-order valence-corrected chi connectivity index (χ2v) is 8.54. The summed E-state index contributed by atoms with van der Waals surface area (Å²) >= 11 is 0. The van der Waals surface area contributed by atoms with E-state index in [0.29, 0.717) is 18.7 Å². The maximum atomic E-state index is 13.8. The molecule has 0 fully saturated rings. The molecule has 4 aromatic rings. The Kier molecular flexibility index (Phi) is 7.88. The Balaban J connectivity index is 2.03. The van der Waals surface area contributed by atoms with Crippen molar-refractivity contribution < 1.29 is 23.5 Å². The summed E-state index contributed by atoms with van der Waals surface area (Å²) < 4.78 is 27.6. The molecule has 1 aromatic carbocycles. The van der Waals surface area contributed by atoms with Gasteiger partial charge in [-0.05, 0) is 63.6 Å². The molecule has 0 aliphatic rings. The first kappa shape index (κ1) is 25.9. The zero-order chi connectivity index (χ0) is 26.5. The average Bonchev–Trinajstić information content (AvgIpc) is 2.87. The zero-order valence-electron chi connectivity index (χ0n) is 20.8. The molecule has 0 bridgehead atoms. The Bertz CT molecular complexity index is 1610. The molecule has 0 saturated heterocycles. The van der Waals surface area contributed by atoms with Crippen molar-refractivity contribution in [3.05, 3.63) is 87.5 Å². The summed E-state index contributed by atoms with van der Waals surface area (Å²) in [5.74, 6) is -2.10. The summed E-state index contributed by atoms with van der Waals surface area (Å²) in [4.78, 5) is 48.3. The molecule has 3 heterocycles. The van der Waals surface area contributed by atoms with Crippen molar-refractivity contribution in [2.24, 2.45) is 4.99 Å². The molecule has 0 radical (unpaired) electrons. The predicted molar refractivity (Wildman–Crippen MR) is 135 cm³/mol. The summed E-state index contributed by atoms with van der Waals surface area (Å²) in [6, 6.07) is 11.6. The van der Waals surface area contributed by atoms with Crippen molar-refractivity contribution in [1.29, 1.82) is 0 Å². The quantitative estimate of drug-likeness (QED) is 0.206. The molecule has 192 valence electrons. The fraction of sp³-hybridized carbons (Fsp3) is 0.296. The minimum absolute atomic E-state index is 0.0103. The van der Waals surface area contributed by atoms with Crippen LogP contribution < -0.4 is 11.0 Å². The van der Waals surface area contributed by atoms with E-state index < -0.39 is 17.7 Å². The predicted octanol–water partition coefficient (Wildman–Crippen LogP) is 3.52. The Morgan fingerprint density at radius 2 is 1.95 bits per heavy atom. The van der Waals surface area contributed by atoms with Gasteiger partial charge >= 0.3 is 5.97 Å². The van der Waals surface area contributed by atoms with Crippen molar-refractivity contribution >= 4 is 28.6 Å². The number of esters is 1. The molecule has 9 nitrogen and oxygen atoms in total. The molecule has 0 aliphatic carbocycles. The van der Waals surface area contributed by atoms with Crippen molar-refractivity contribution in [2.75, 3.05) is 13.2 Å². The topological polar surface area (TPSA) is 104 Å². The van der Waals surface area contributed by atoms with Gasteiger partial charge in [0.05, 0.1) is 18.1 Å². The lowest BCUT2D eigenvalue weighted by atomic mass is 10.2. The summed E-state index contributed by atoms with van der Waals surface area (Å²) in [5, 5.41) is 0.161. The number of carbonyl (C=O) groups excluding carboxylic acids is 2. The van der Waals surface area contributed by atoms with Crippen LogP contribution in [0.3, 0.4) is 0 Å². The highest BCUT2D eigenvalue weighted by Crippen LogP contribution is 2.13. The smallest absolute Gasteiger partial charge is 0.341 e. The first-order chi connectivity index (χ1) is 17.8. The summed E-state index contributed by atoms with van der Waals surface area (Å²) in [6.45, 7) is 6.18. The molecule has 0 unspecified atom stereocenters. The normalized spacial score (nSPS) is 12.0. The number of hydrogen-bond acceptors (Lipinski definition) is 6. The number of pyridine rings is 2. The molecule has 10 heteroatoms. The largest absolute Gasteiger partial charge is 0.462 e. The van der Waals surface area contributed by atoms with Crippen LogP contribution in [0.15, 0.2) is 64.5 Å². The van der Waals surface area contributed by atoms with E-state index in [4.69, 9.17) is 9.47 Å². The number of carbonyl (C=O) groups is 2. The number of halogens is 1. The van der Waals surface area contributed by atoms with Gasteiger partial charge in [0.2, 0.25) is 0 Å². The van der Waals surface area contributed by atoms with Crippen LogP contribution in [0.2, 0.25) is 0 Å². The third kappa shape index (κ3) is 5.64. The van der Waals surface area contributed by atoms with Crippen molar-refractivity contribution in [1.82, 2.24) is 14.0 Å². The number of fused-ring (bicyclic) bond motifs is 2. The second-order valence-electron chi connectivity index (χ2n) is 8.54. The summed E-state index contributed by atoms with van der Waals surface area (Å²) in [6.07, 6.45) is 2.08. The van der Waals surface area contributed by atoms with E-state index in [1.807, 2.05) is 13.8 Å². The number of benzene rings is 1. The van der Waals surface area contributed by atoms with E-state index in [2.05, 4.69) is 9.98 Å². The zero-order valence-corrected chi connectivity index (χ0v) is 20.8. The highest BCUT2D eigenvalue weighted by atomic mass is 19.1. The number of rotatable bonds is 8. The standard InChI is InChI=1S/C27H27FN4O5/c1-4-36-27(35)21-16-20-23(29-22-11-5-6-12-31(22)26(20)34)32(13-8-14-37-17(2)3)24(21)30-25(33)18-9-7-10-19(28)15-18/h5-7,9-12,15-17H,4,8,13-14H2,1-3H3. The van der Waals surface area contributed by atoms with Gasteiger partial charge < -0.3 is 14.0 Å². The Labute approximate surface area is 211 Å². The fourth-order valence-corrected chi connectivity index (χ4v) is 3.89. The molecule has 0 atom stereocenters. The molecule has 0 aliphatic heterocycles. The number of ether oxygens (including phenoxy) is 2. The average molecular weight is 507 g/mol. The van der Waals surface area contributed by atoms with E-state index in [0.717, 1.165) is 6.07 Å². The lowest BCUT2D eigenvalue weighted by Crippen LogP contribution is -2.33. The van der Waals surface area contributed by atoms with E-state index in [-0.39, 0.29) is 52.5 Å². The molecule has 1 amide bonds. The van der Waals surface area contributed by atoms with Gasteiger partial charge in [-0.2, -0.15) is 4.99 Å². The lowest BCUT2D eigenvalue weighted by Gasteiger charge is -2.15. The Morgan fingerprint density at radius 1 is 1.14 bits per heavy atom. The van der Waals surface area contributed by atoms with Gasteiger partial charge in [-0.1, -0.05) is 12.1 Å². The molecular formula is C27H27FN4O5. The molecule has 0 spiro atoms. The fourth-order valence-electron chi connectivity index (χ4n) is 3.89. The number of nitrogens with zero attached hydrogens (tertiary/aromatic N) is 4. The van der Waals surface area contributed by atoms with E-state index in [1.54, 1.807) is 35.9 Å². The van der Waals surface area contributed by atoms with Crippen LogP contribution in [-0.4, -0.2) is 45.1 Å². The van der Waals surface area contributed by atoms with Gasteiger partial charge in [0.1, 0.15) is 22.7 Å². The minimum Gasteiger partial charge on any atom is -0.462 e. The summed E-state index contributed by atoms with van der Waals surface area (Å²) in [7, 11) is 0.